The fourth-order valence-corrected chi connectivity index (χ4v) is 2.88. The molecule has 128 valence electrons. The minimum absolute atomic E-state index is 0. The van der Waals surface area contributed by atoms with E-state index in [0.29, 0.717) is 12.8 Å². The van der Waals surface area contributed by atoms with Crippen LogP contribution in [0.4, 0.5) is 5.69 Å². The molecule has 2 rings (SSSR count). The van der Waals surface area contributed by atoms with Gasteiger partial charge in [-0.3, -0.25) is 14.9 Å². The number of carbonyl (C=O) groups is 1. The Kier molecular flexibility index (Phi) is 7.98. The van der Waals surface area contributed by atoms with E-state index in [0.717, 1.165) is 38.0 Å². The molecule has 0 saturated carbocycles. The molecule has 1 aliphatic rings. The van der Waals surface area contributed by atoms with Crippen LogP contribution in [-0.4, -0.2) is 41.4 Å². The van der Waals surface area contributed by atoms with E-state index >= 15 is 0 Å². The number of amides is 1. The summed E-state index contributed by atoms with van der Waals surface area (Å²) in [7, 11) is 0. The van der Waals surface area contributed by atoms with E-state index in [9.17, 15) is 14.9 Å². The molecule has 0 aliphatic carbocycles. The van der Waals surface area contributed by atoms with Crippen molar-refractivity contribution >= 4 is 24.0 Å². The van der Waals surface area contributed by atoms with Gasteiger partial charge in [-0.25, -0.2) is 0 Å². The van der Waals surface area contributed by atoms with Crippen LogP contribution in [0.25, 0.3) is 0 Å². The number of nitro groups is 1. The van der Waals surface area contributed by atoms with E-state index in [-0.39, 0.29) is 30.0 Å². The van der Waals surface area contributed by atoms with Gasteiger partial charge in [0.15, 0.2) is 0 Å². The van der Waals surface area contributed by atoms with Crippen molar-refractivity contribution in [3.05, 3.63) is 39.9 Å². The minimum Gasteiger partial charge on any atom is -0.338 e. The number of nitrogens with one attached hydrogen (secondary N) is 1. The second-order valence-electron chi connectivity index (χ2n) is 5.66. The molecule has 1 amide bonds. The topological polar surface area (TPSA) is 75.5 Å². The van der Waals surface area contributed by atoms with E-state index in [4.69, 9.17) is 0 Å². The maximum absolute atomic E-state index is 12.5. The summed E-state index contributed by atoms with van der Waals surface area (Å²) in [6.07, 6.45) is 2.89. The number of hydrogen-bond acceptors (Lipinski definition) is 4. The Bertz CT molecular complexity index is 533. The lowest BCUT2D eigenvalue weighted by atomic mass is 10.1. The van der Waals surface area contributed by atoms with Crippen molar-refractivity contribution in [1.29, 1.82) is 0 Å². The van der Waals surface area contributed by atoms with Gasteiger partial charge in [-0.05, 0) is 31.4 Å². The molecular weight excluding hydrogens is 318 g/mol. The van der Waals surface area contributed by atoms with Crippen molar-refractivity contribution < 1.29 is 9.72 Å². The molecule has 7 heteroatoms. The molecule has 1 aromatic rings. The van der Waals surface area contributed by atoms with Crippen LogP contribution in [0.1, 0.15) is 31.7 Å². The second kappa shape index (κ2) is 9.47. The van der Waals surface area contributed by atoms with Crippen LogP contribution < -0.4 is 5.32 Å². The Labute approximate surface area is 142 Å². The molecule has 23 heavy (non-hydrogen) atoms. The predicted molar refractivity (Wildman–Crippen MR) is 91.9 cm³/mol. The van der Waals surface area contributed by atoms with Crippen molar-refractivity contribution in [3.63, 3.8) is 0 Å². The van der Waals surface area contributed by atoms with Gasteiger partial charge in [0, 0.05) is 37.7 Å². The maximum atomic E-state index is 12.5. The number of aryl methyl sites for hydroxylation is 1. The molecule has 0 radical (unpaired) electrons. The summed E-state index contributed by atoms with van der Waals surface area (Å²) in [5, 5.41) is 14.1. The fourth-order valence-electron chi connectivity index (χ4n) is 2.88. The number of hydrogen-bond donors (Lipinski definition) is 1. The highest BCUT2D eigenvalue weighted by Gasteiger charge is 2.25. The lowest BCUT2D eigenvalue weighted by molar-refractivity contribution is -0.384. The van der Waals surface area contributed by atoms with Gasteiger partial charge < -0.3 is 10.2 Å². The van der Waals surface area contributed by atoms with E-state index in [1.54, 1.807) is 12.1 Å². The van der Waals surface area contributed by atoms with Crippen LogP contribution in [0, 0.1) is 10.1 Å². The summed E-state index contributed by atoms with van der Waals surface area (Å²) in [6, 6.07) is 6.81. The van der Waals surface area contributed by atoms with E-state index in [1.807, 2.05) is 11.0 Å². The molecule has 1 atom stereocenters. The van der Waals surface area contributed by atoms with Gasteiger partial charge in [0.1, 0.15) is 0 Å². The van der Waals surface area contributed by atoms with Crippen molar-refractivity contribution in [2.24, 2.45) is 0 Å². The molecule has 1 aliphatic heterocycles. The number of rotatable bonds is 7. The number of nitro benzene ring substituents is 1. The van der Waals surface area contributed by atoms with E-state index < -0.39 is 4.92 Å². The highest BCUT2D eigenvalue weighted by molar-refractivity contribution is 5.85. The average Bonchev–Trinajstić information content (AvgIpc) is 3.04. The average molecular weight is 342 g/mol. The quantitative estimate of drug-likeness (QED) is 0.611. The van der Waals surface area contributed by atoms with E-state index in [1.165, 1.54) is 6.07 Å². The van der Waals surface area contributed by atoms with Gasteiger partial charge in [0.05, 0.1) is 4.92 Å². The maximum Gasteiger partial charge on any atom is 0.269 e. The van der Waals surface area contributed by atoms with Crippen LogP contribution in [0.15, 0.2) is 24.3 Å². The zero-order valence-corrected chi connectivity index (χ0v) is 14.2. The van der Waals surface area contributed by atoms with Crippen LogP contribution in [-0.2, 0) is 11.2 Å². The standard InChI is InChI=1S/C16H23N3O3.ClH/c1-2-10-18(15-8-9-17-12-15)16(20)7-6-13-4-3-5-14(11-13)19(21)22;/h3-5,11,15,17H,2,6-10,12H2,1H3;1H. The fraction of sp³-hybridized carbons (Fsp3) is 0.562. The molecule has 1 N–H and O–H groups in total. The van der Waals surface area contributed by atoms with Gasteiger partial charge in [-0.2, -0.15) is 0 Å². The first kappa shape index (κ1) is 19.4. The highest BCUT2D eigenvalue weighted by atomic mass is 35.5. The zero-order chi connectivity index (χ0) is 15.9. The second-order valence-corrected chi connectivity index (χ2v) is 5.66. The first-order valence-corrected chi connectivity index (χ1v) is 7.85. The first-order valence-electron chi connectivity index (χ1n) is 7.85. The van der Waals surface area contributed by atoms with Crippen LogP contribution in [0.5, 0.6) is 0 Å². The smallest absolute Gasteiger partial charge is 0.269 e. The number of carbonyl (C=O) groups excluding carboxylic acids is 1. The summed E-state index contributed by atoms with van der Waals surface area (Å²) in [5.74, 6) is 0.141. The minimum atomic E-state index is -0.404. The molecule has 1 aromatic carbocycles. The highest BCUT2D eigenvalue weighted by Crippen LogP contribution is 2.16. The summed E-state index contributed by atoms with van der Waals surface area (Å²) < 4.78 is 0. The third-order valence-electron chi connectivity index (χ3n) is 4.01. The largest absolute Gasteiger partial charge is 0.338 e. The summed E-state index contributed by atoms with van der Waals surface area (Å²) in [4.78, 5) is 24.8. The number of benzene rings is 1. The Balaban J connectivity index is 0.00000264. The Morgan fingerprint density at radius 2 is 2.26 bits per heavy atom. The summed E-state index contributed by atoms with van der Waals surface area (Å²) >= 11 is 0. The molecule has 0 spiro atoms. The normalized spacial score (nSPS) is 16.7. The van der Waals surface area contributed by atoms with Crippen molar-refractivity contribution in [2.75, 3.05) is 19.6 Å². The van der Waals surface area contributed by atoms with Gasteiger partial charge in [-0.15, -0.1) is 12.4 Å². The monoisotopic (exact) mass is 341 g/mol. The Morgan fingerprint density at radius 3 is 2.87 bits per heavy atom. The first-order chi connectivity index (χ1) is 10.6. The lowest BCUT2D eigenvalue weighted by Crippen LogP contribution is -2.42. The van der Waals surface area contributed by atoms with Gasteiger partial charge in [0.25, 0.3) is 5.69 Å². The molecule has 0 aromatic heterocycles. The number of nitrogens with zero attached hydrogens (tertiary/aromatic N) is 2. The lowest BCUT2D eigenvalue weighted by Gasteiger charge is -2.28. The SMILES string of the molecule is CCCN(C(=O)CCc1cccc([N+](=O)[O-])c1)C1CCNC1.Cl. The molecular formula is C16H24ClN3O3. The molecule has 1 saturated heterocycles. The van der Waals surface area contributed by atoms with Crippen molar-refractivity contribution in [3.8, 4) is 0 Å². The van der Waals surface area contributed by atoms with Crippen LogP contribution >= 0.6 is 12.4 Å². The predicted octanol–water partition coefficient (Wildman–Crippen LogP) is 2.55. The van der Waals surface area contributed by atoms with Crippen molar-refractivity contribution in [2.45, 2.75) is 38.6 Å². The van der Waals surface area contributed by atoms with Crippen LogP contribution in [0.2, 0.25) is 0 Å². The molecule has 1 fully saturated rings. The molecule has 1 heterocycles. The molecule has 1 unspecified atom stereocenters. The molecule has 0 bridgehead atoms. The number of non-ortho nitro benzene ring substituents is 1. The van der Waals surface area contributed by atoms with Gasteiger partial charge in [-0.1, -0.05) is 19.1 Å². The number of halogens is 1. The van der Waals surface area contributed by atoms with E-state index in [2.05, 4.69) is 12.2 Å². The summed E-state index contributed by atoms with van der Waals surface area (Å²) in [5.41, 5.74) is 0.916. The van der Waals surface area contributed by atoms with Crippen molar-refractivity contribution in [1.82, 2.24) is 10.2 Å². The molecule has 6 nitrogen and oxygen atoms in total. The third-order valence-corrected chi connectivity index (χ3v) is 4.01. The zero-order valence-electron chi connectivity index (χ0n) is 13.4. The summed E-state index contributed by atoms with van der Waals surface area (Å²) in [6.45, 7) is 4.68. The Hall–Kier alpha value is -1.66. The third kappa shape index (κ3) is 5.48. The Morgan fingerprint density at radius 1 is 1.48 bits per heavy atom. The van der Waals surface area contributed by atoms with Gasteiger partial charge in [0.2, 0.25) is 5.91 Å². The van der Waals surface area contributed by atoms with Crippen LogP contribution in [0.3, 0.4) is 0 Å². The van der Waals surface area contributed by atoms with Gasteiger partial charge >= 0.3 is 0 Å².